The van der Waals surface area contributed by atoms with Gasteiger partial charge in [-0.15, -0.1) is 0 Å². The van der Waals surface area contributed by atoms with E-state index in [1.165, 1.54) is 10.4 Å². The molecule has 1 fully saturated rings. The van der Waals surface area contributed by atoms with E-state index in [9.17, 15) is 13.2 Å². The number of carbonyl (C=O) groups is 1. The van der Waals surface area contributed by atoms with Gasteiger partial charge in [0.15, 0.2) is 0 Å². The van der Waals surface area contributed by atoms with Gasteiger partial charge >= 0.3 is 0 Å². The van der Waals surface area contributed by atoms with Crippen LogP contribution in [0.25, 0.3) is 11.6 Å². The summed E-state index contributed by atoms with van der Waals surface area (Å²) in [6.07, 6.45) is 3.23. The van der Waals surface area contributed by atoms with Crippen LogP contribution in [0.15, 0.2) is 29.3 Å². The summed E-state index contributed by atoms with van der Waals surface area (Å²) in [7, 11) is -3.74. The number of aromatic nitrogens is 2. The molecule has 1 saturated heterocycles. The van der Waals surface area contributed by atoms with Crippen LogP contribution in [-0.2, 0) is 19.6 Å². The number of hydrogen-bond acceptors (Lipinski definition) is 5. The second-order valence-electron chi connectivity index (χ2n) is 6.16. The molecule has 2 aliphatic heterocycles. The Morgan fingerprint density at radius 3 is 2.73 bits per heavy atom. The van der Waals surface area contributed by atoms with Gasteiger partial charge in [-0.25, -0.2) is 13.4 Å². The molecule has 26 heavy (non-hydrogen) atoms. The van der Waals surface area contributed by atoms with Crippen LogP contribution >= 0.6 is 0 Å². The third-order valence-corrected chi connectivity index (χ3v) is 6.32. The molecule has 2 aliphatic rings. The van der Waals surface area contributed by atoms with Gasteiger partial charge in [-0.05, 0) is 25.1 Å². The van der Waals surface area contributed by atoms with E-state index in [2.05, 4.69) is 15.3 Å². The lowest BCUT2D eigenvalue weighted by Crippen LogP contribution is -2.40. The summed E-state index contributed by atoms with van der Waals surface area (Å²) in [6, 6.07) is 4.86. The number of amides is 1. The van der Waals surface area contributed by atoms with E-state index >= 15 is 0 Å². The SMILES string of the molecule is Cc1cnc(/C=C2\C(=O)Nc3cccc(S(=O)(=O)N4CCOCC4)c32)[nH]1. The summed E-state index contributed by atoms with van der Waals surface area (Å²) < 4.78 is 32.9. The number of rotatable bonds is 3. The second kappa shape index (κ2) is 6.35. The Morgan fingerprint density at radius 2 is 2.04 bits per heavy atom. The predicted octanol–water partition coefficient (Wildman–Crippen LogP) is 1.23. The first-order valence-corrected chi connectivity index (χ1v) is 9.67. The van der Waals surface area contributed by atoms with Gasteiger partial charge in [0.1, 0.15) is 5.82 Å². The highest BCUT2D eigenvalue weighted by Gasteiger charge is 2.35. The summed E-state index contributed by atoms with van der Waals surface area (Å²) in [5, 5.41) is 2.73. The molecule has 1 aromatic carbocycles. The molecule has 2 N–H and O–H groups in total. The Bertz CT molecular complexity index is 1000. The maximum Gasteiger partial charge on any atom is 0.256 e. The van der Waals surface area contributed by atoms with Crippen molar-refractivity contribution in [3.63, 3.8) is 0 Å². The molecule has 3 heterocycles. The smallest absolute Gasteiger partial charge is 0.256 e. The third kappa shape index (κ3) is 2.83. The lowest BCUT2D eigenvalue weighted by molar-refractivity contribution is -0.110. The van der Waals surface area contributed by atoms with Gasteiger partial charge in [0, 0.05) is 30.5 Å². The average Bonchev–Trinajstić information content (AvgIpc) is 3.19. The fourth-order valence-electron chi connectivity index (χ4n) is 3.14. The molecular weight excluding hydrogens is 356 g/mol. The molecule has 9 heteroatoms. The van der Waals surface area contributed by atoms with Crippen molar-refractivity contribution in [1.82, 2.24) is 14.3 Å². The summed E-state index contributed by atoms with van der Waals surface area (Å²) in [4.78, 5) is 19.8. The van der Waals surface area contributed by atoms with Crippen LogP contribution in [0, 0.1) is 6.92 Å². The van der Waals surface area contributed by atoms with E-state index in [0.29, 0.717) is 43.4 Å². The molecule has 0 radical (unpaired) electrons. The van der Waals surface area contributed by atoms with Gasteiger partial charge < -0.3 is 15.0 Å². The number of imidazole rings is 1. The monoisotopic (exact) mass is 374 g/mol. The molecule has 0 saturated carbocycles. The van der Waals surface area contributed by atoms with Crippen molar-refractivity contribution in [2.75, 3.05) is 31.6 Å². The summed E-state index contributed by atoms with van der Waals surface area (Å²) in [6.45, 7) is 3.17. The molecule has 8 nitrogen and oxygen atoms in total. The first-order valence-electron chi connectivity index (χ1n) is 8.23. The Balaban J connectivity index is 1.84. The van der Waals surface area contributed by atoms with E-state index in [4.69, 9.17) is 4.74 Å². The fraction of sp³-hybridized carbons (Fsp3) is 0.294. The Hall–Kier alpha value is -2.49. The minimum atomic E-state index is -3.74. The number of morpholine rings is 1. The Kier molecular flexibility index (Phi) is 4.14. The standard InChI is InChI=1S/C17H18N4O4S/c1-11-10-18-15(19-11)9-12-16-13(20-17(12)22)3-2-4-14(16)26(23,24)21-5-7-25-8-6-21/h2-4,9-10H,5-8H2,1H3,(H,18,19)(H,20,22)/b12-9-. The number of benzene rings is 1. The quantitative estimate of drug-likeness (QED) is 0.787. The number of fused-ring (bicyclic) bond motifs is 1. The predicted molar refractivity (Wildman–Crippen MR) is 95.8 cm³/mol. The zero-order chi connectivity index (χ0) is 18.3. The summed E-state index contributed by atoms with van der Waals surface area (Å²) in [5.74, 6) is 0.151. The van der Waals surface area contributed by atoms with Gasteiger partial charge in [0.25, 0.3) is 5.91 Å². The number of aryl methyl sites for hydroxylation is 1. The molecule has 0 spiro atoms. The Morgan fingerprint density at radius 1 is 1.27 bits per heavy atom. The highest BCUT2D eigenvalue weighted by Crippen LogP contribution is 2.38. The number of nitrogens with one attached hydrogen (secondary N) is 2. The molecule has 2 aromatic rings. The van der Waals surface area contributed by atoms with Crippen molar-refractivity contribution in [3.8, 4) is 0 Å². The van der Waals surface area contributed by atoms with Crippen LogP contribution in [-0.4, -0.2) is 54.9 Å². The molecule has 0 bridgehead atoms. The molecule has 0 atom stereocenters. The van der Waals surface area contributed by atoms with Crippen LogP contribution in [0.4, 0.5) is 5.69 Å². The van der Waals surface area contributed by atoms with Crippen LogP contribution in [0.5, 0.6) is 0 Å². The van der Waals surface area contributed by atoms with E-state index in [1.54, 1.807) is 24.4 Å². The van der Waals surface area contributed by atoms with Gasteiger partial charge in [-0.3, -0.25) is 4.79 Å². The molecule has 0 unspecified atom stereocenters. The van der Waals surface area contributed by atoms with Crippen molar-refractivity contribution < 1.29 is 17.9 Å². The van der Waals surface area contributed by atoms with Crippen molar-refractivity contribution >= 4 is 33.3 Å². The van der Waals surface area contributed by atoms with Crippen LogP contribution in [0.3, 0.4) is 0 Å². The minimum Gasteiger partial charge on any atom is -0.379 e. The second-order valence-corrected chi connectivity index (χ2v) is 8.07. The average molecular weight is 374 g/mol. The van der Waals surface area contributed by atoms with Crippen molar-refractivity contribution in [2.45, 2.75) is 11.8 Å². The molecule has 0 aliphatic carbocycles. The highest BCUT2D eigenvalue weighted by atomic mass is 32.2. The van der Waals surface area contributed by atoms with E-state index in [1.807, 2.05) is 6.92 Å². The van der Waals surface area contributed by atoms with Crippen LogP contribution in [0.2, 0.25) is 0 Å². The number of ether oxygens (including phenoxy) is 1. The minimum absolute atomic E-state index is 0.116. The summed E-state index contributed by atoms with van der Waals surface area (Å²) in [5.41, 5.74) is 2.00. The summed E-state index contributed by atoms with van der Waals surface area (Å²) >= 11 is 0. The van der Waals surface area contributed by atoms with E-state index in [0.717, 1.165) is 5.69 Å². The topological polar surface area (TPSA) is 104 Å². The van der Waals surface area contributed by atoms with Crippen LogP contribution < -0.4 is 5.32 Å². The largest absolute Gasteiger partial charge is 0.379 e. The maximum absolute atomic E-state index is 13.1. The number of H-pyrrole nitrogens is 1. The zero-order valence-corrected chi connectivity index (χ0v) is 15.0. The number of anilines is 1. The van der Waals surface area contributed by atoms with Crippen molar-refractivity contribution in [1.29, 1.82) is 0 Å². The number of aromatic amines is 1. The van der Waals surface area contributed by atoms with E-state index < -0.39 is 10.0 Å². The molecule has 1 aromatic heterocycles. The normalized spacial score (nSPS) is 19.6. The molecular formula is C17H18N4O4S. The number of nitrogens with zero attached hydrogens (tertiary/aromatic N) is 2. The van der Waals surface area contributed by atoms with Crippen LogP contribution in [0.1, 0.15) is 17.1 Å². The van der Waals surface area contributed by atoms with Gasteiger partial charge in [0.2, 0.25) is 10.0 Å². The highest BCUT2D eigenvalue weighted by molar-refractivity contribution is 7.89. The Labute approximate surface area is 150 Å². The first kappa shape index (κ1) is 17.0. The lowest BCUT2D eigenvalue weighted by Gasteiger charge is -2.26. The molecule has 136 valence electrons. The third-order valence-electron chi connectivity index (χ3n) is 4.38. The zero-order valence-electron chi connectivity index (χ0n) is 14.2. The van der Waals surface area contributed by atoms with E-state index in [-0.39, 0.29) is 16.4 Å². The molecule has 4 rings (SSSR count). The number of carbonyl (C=O) groups excluding carboxylic acids is 1. The maximum atomic E-state index is 13.1. The fourth-order valence-corrected chi connectivity index (χ4v) is 4.77. The van der Waals surface area contributed by atoms with Crippen molar-refractivity contribution in [2.24, 2.45) is 0 Å². The van der Waals surface area contributed by atoms with Gasteiger partial charge in [-0.1, -0.05) is 6.07 Å². The van der Waals surface area contributed by atoms with Gasteiger partial charge in [-0.2, -0.15) is 4.31 Å². The van der Waals surface area contributed by atoms with Crippen molar-refractivity contribution in [3.05, 3.63) is 41.5 Å². The van der Waals surface area contributed by atoms with Gasteiger partial charge in [0.05, 0.1) is 29.4 Å². The first-order chi connectivity index (χ1) is 12.5. The lowest BCUT2D eigenvalue weighted by atomic mass is 10.1. The number of hydrogen-bond donors (Lipinski definition) is 2. The molecule has 1 amide bonds. The number of sulfonamides is 1.